The van der Waals surface area contributed by atoms with Crippen molar-refractivity contribution in [2.75, 3.05) is 6.26 Å². The second-order valence-electron chi connectivity index (χ2n) is 4.27. The second-order valence-corrected chi connectivity index (χ2v) is 5.45. The fraction of sp³-hybridized carbons (Fsp3) is 0.900. The summed E-state index contributed by atoms with van der Waals surface area (Å²) in [7, 11) is 0. The molecular formula is C10H19NOS. The van der Waals surface area contributed by atoms with E-state index in [1.54, 1.807) is 11.8 Å². The van der Waals surface area contributed by atoms with E-state index < -0.39 is 0 Å². The van der Waals surface area contributed by atoms with Crippen LogP contribution in [0, 0.1) is 0 Å². The summed E-state index contributed by atoms with van der Waals surface area (Å²) < 4.78 is 5.70. The van der Waals surface area contributed by atoms with Crippen molar-refractivity contribution in [1.29, 1.82) is 0 Å². The SMILES string of the molecule is CSC(C)C1=NC(C)(C)CC(C)O1. The molecule has 0 spiro atoms. The van der Waals surface area contributed by atoms with E-state index in [4.69, 9.17) is 4.74 Å². The van der Waals surface area contributed by atoms with Gasteiger partial charge >= 0.3 is 0 Å². The van der Waals surface area contributed by atoms with Crippen LogP contribution >= 0.6 is 11.8 Å². The van der Waals surface area contributed by atoms with E-state index >= 15 is 0 Å². The van der Waals surface area contributed by atoms with Gasteiger partial charge in [-0.15, -0.1) is 0 Å². The molecule has 0 bridgehead atoms. The highest BCUT2D eigenvalue weighted by Crippen LogP contribution is 2.26. The van der Waals surface area contributed by atoms with Gasteiger partial charge in [0.15, 0.2) is 5.90 Å². The Balaban J connectivity index is 2.78. The molecule has 1 heterocycles. The molecule has 0 aromatic carbocycles. The van der Waals surface area contributed by atoms with Crippen LogP contribution in [0.3, 0.4) is 0 Å². The molecule has 2 nitrogen and oxygen atoms in total. The second kappa shape index (κ2) is 3.91. The molecule has 0 fully saturated rings. The first-order valence-electron chi connectivity index (χ1n) is 4.74. The Hall–Kier alpha value is -0.180. The molecular weight excluding hydrogens is 182 g/mol. The molecule has 0 radical (unpaired) electrons. The minimum absolute atomic E-state index is 0.0526. The van der Waals surface area contributed by atoms with Gasteiger partial charge in [0.25, 0.3) is 0 Å². The minimum atomic E-state index is 0.0526. The lowest BCUT2D eigenvalue weighted by atomic mass is 9.97. The summed E-state index contributed by atoms with van der Waals surface area (Å²) in [6, 6.07) is 0. The van der Waals surface area contributed by atoms with Crippen LogP contribution in [-0.4, -0.2) is 29.0 Å². The summed E-state index contributed by atoms with van der Waals surface area (Å²) in [5.74, 6) is 0.913. The fourth-order valence-electron chi connectivity index (χ4n) is 1.61. The number of rotatable bonds is 2. The molecule has 0 N–H and O–H groups in total. The number of hydrogen-bond acceptors (Lipinski definition) is 3. The minimum Gasteiger partial charge on any atom is -0.477 e. The smallest absolute Gasteiger partial charge is 0.197 e. The Morgan fingerprint density at radius 1 is 1.62 bits per heavy atom. The van der Waals surface area contributed by atoms with Gasteiger partial charge in [0.05, 0.1) is 16.9 Å². The highest BCUT2D eigenvalue weighted by atomic mass is 32.2. The lowest BCUT2D eigenvalue weighted by Crippen LogP contribution is -2.37. The summed E-state index contributed by atoms with van der Waals surface area (Å²) in [5, 5.41) is 0.377. The van der Waals surface area contributed by atoms with Gasteiger partial charge in [-0.25, -0.2) is 4.99 Å². The van der Waals surface area contributed by atoms with Crippen molar-refractivity contribution >= 4 is 17.7 Å². The van der Waals surface area contributed by atoms with Crippen LogP contribution in [0.15, 0.2) is 4.99 Å². The van der Waals surface area contributed by atoms with E-state index in [-0.39, 0.29) is 5.54 Å². The molecule has 0 aromatic heterocycles. The summed E-state index contributed by atoms with van der Waals surface area (Å²) >= 11 is 1.78. The molecule has 2 unspecified atom stereocenters. The van der Waals surface area contributed by atoms with Crippen molar-refractivity contribution in [1.82, 2.24) is 0 Å². The van der Waals surface area contributed by atoms with Gasteiger partial charge in [-0.1, -0.05) is 0 Å². The maximum Gasteiger partial charge on any atom is 0.197 e. The van der Waals surface area contributed by atoms with Crippen molar-refractivity contribution in [3.63, 3.8) is 0 Å². The van der Waals surface area contributed by atoms with Gasteiger partial charge in [0, 0.05) is 6.42 Å². The van der Waals surface area contributed by atoms with Crippen LogP contribution in [0.2, 0.25) is 0 Å². The van der Waals surface area contributed by atoms with Crippen LogP contribution < -0.4 is 0 Å². The quantitative estimate of drug-likeness (QED) is 0.685. The molecule has 1 aliphatic heterocycles. The lowest BCUT2D eigenvalue weighted by molar-refractivity contribution is 0.141. The third kappa shape index (κ3) is 2.90. The summed E-state index contributed by atoms with van der Waals surface area (Å²) in [6.07, 6.45) is 3.40. The van der Waals surface area contributed by atoms with E-state index in [2.05, 4.69) is 38.9 Å². The Labute approximate surface area is 85.1 Å². The first-order chi connectivity index (χ1) is 5.94. The predicted octanol–water partition coefficient (Wildman–Crippen LogP) is 2.72. The van der Waals surface area contributed by atoms with Crippen molar-refractivity contribution in [3.8, 4) is 0 Å². The topological polar surface area (TPSA) is 21.6 Å². The van der Waals surface area contributed by atoms with Crippen LogP contribution in [0.25, 0.3) is 0 Å². The third-order valence-electron chi connectivity index (χ3n) is 2.22. The van der Waals surface area contributed by atoms with Gasteiger partial charge in [-0.3, -0.25) is 0 Å². The Bertz CT molecular complexity index is 213. The van der Waals surface area contributed by atoms with Gasteiger partial charge in [-0.05, 0) is 34.0 Å². The number of aliphatic imine (C=N–C) groups is 1. The molecule has 3 heteroatoms. The van der Waals surface area contributed by atoms with Gasteiger partial charge in [0.1, 0.15) is 0 Å². The molecule has 2 atom stereocenters. The summed E-state index contributed by atoms with van der Waals surface area (Å²) in [5.41, 5.74) is 0.0526. The number of nitrogens with zero attached hydrogens (tertiary/aromatic N) is 1. The highest BCUT2D eigenvalue weighted by molar-refractivity contribution is 7.99. The standard InChI is InChI=1S/C10H19NOS/c1-7-6-10(3,4)11-9(12-7)8(2)13-5/h7-8H,6H2,1-5H3. The Morgan fingerprint density at radius 3 is 2.69 bits per heavy atom. The monoisotopic (exact) mass is 201 g/mol. The number of hydrogen-bond donors (Lipinski definition) is 0. The molecule has 0 saturated carbocycles. The average Bonchev–Trinajstić information content (AvgIpc) is 1.99. The maximum atomic E-state index is 5.70. The van der Waals surface area contributed by atoms with Crippen LogP contribution in [0.1, 0.15) is 34.1 Å². The molecule has 0 amide bonds. The van der Waals surface area contributed by atoms with Crippen LogP contribution in [0.4, 0.5) is 0 Å². The van der Waals surface area contributed by atoms with E-state index in [9.17, 15) is 0 Å². The zero-order valence-electron chi connectivity index (χ0n) is 9.13. The molecule has 0 aliphatic carbocycles. The molecule has 76 valence electrons. The Morgan fingerprint density at radius 2 is 2.23 bits per heavy atom. The van der Waals surface area contributed by atoms with E-state index in [1.807, 2.05) is 0 Å². The van der Waals surface area contributed by atoms with E-state index in [1.165, 1.54) is 0 Å². The third-order valence-corrected chi connectivity index (χ3v) is 3.13. The van der Waals surface area contributed by atoms with Crippen molar-refractivity contribution in [2.24, 2.45) is 4.99 Å². The van der Waals surface area contributed by atoms with Crippen LogP contribution in [0.5, 0.6) is 0 Å². The van der Waals surface area contributed by atoms with Crippen molar-refractivity contribution < 1.29 is 4.74 Å². The van der Waals surface area contributed by atoms with Gasteiger partial charge in [0.2, 0.25) is 0 Å². The molecule has 1 aliphatic rings. The van der Waals surface area contributed by atoms with Gasteiger partial charge < -0.3 is 4.74 Å². The first kappa shape index (κ1) is 10.9. The molecule has 13 heavy (non-hydrogen) atoms. The van der Waals surface area contributed by atoms with E-state index in [0.717, 1.165) is 12.3 Å². The molecule has 1 rings (SSSR count). The summed E-state index contributed by atoms with van der Waals surface area (Å²) in [4.78, 5) is 4.61. The molecule has 0 saturated heterocycles. The predicted molar refractivity (Wildman–Crippen MR) is 59.7 cm³/mol. The highest BCUT2D eigenvalue weighted by Gasteiger charge is 2.29. The van der Waals surface area contributed by atoms with Crippen molar-refractivity contribution in [3.05, 3.63) is 0 Å². The van der Waals surface area contributed by atoms with Crippen molar-refractivity contribution in [2.45, 2.75) is 51.0 Å². The van der Waals surface area contributed by atoms with Crippen LogP contribution in [-0.2, 0) is 4.74 Å². The fourth-order valence-corrected chi connectivity index (χ4v) is 1.92. The van der Waals surface area contributed by atoms with Gasteiger partial charge in [-0.2, -0.15) is 11.8 Å². The molecule has 0 aromatic rings. The number of ether oxygens (including phenoxy) is 1. The van der Waals surface area contributed by atoms with E-state index in [0.29, 0.717) is 11.4 Å². The first-order valence-corrected chi connectivity index (χ1v) is 6.02. The summed E-state index contributed by atoms with van der Waals surface area (Å²) in [6.45, 7) is 8.58. The largest absolute Gasteiger partial charge is 0.477 e. The zero-order chi connectivity index (χ0) is 10.1. The lowest BCUT2D eigenvalue weighted by Gasteiger charge is -2.33. The normalized spacial score (nSPS) is 29.0. The number of thioether (sulfide) groups is 1. The zero-order valence-corrected chi connectivity index (χ0v) is 9.94. The average molecular weight is 201 g/mol. The Kier molecular flexibility index (Phi) is 3.28. The maximum absolute atomic E-state index is 5.70.